The van der Waals surface area contributed by atoms with E-state index in [1.807, 2.05) is 0 Å². The van der Waals surface area contributed by atoms with E-state index < -0.39 is 17.4 Å². The van der Waals surface area contributed by atoms with Gasteiger partial charge in [-0.05, 0) is 24.6 Å². The molecule has 0 amide bonds. The number of carboxylic acids is 1. The molecule has 1 rings (SSSR count). The molecule has 1 aromatic rings. The second-order valence-electron chi connectivity index (χ2n) is 3.82. The largest absolute Gasteiger partial charge is 0.480 e. The molecule has 1 atom stereocenters. The van der Waals surface area contributed by atoms with Gasteiger partial charge in [-0.15, -0.1) is 12.3 Å². The molecule has 4 nitrogen and oxygen atoms in total. The van der Waals surface area contributed by atoms with E-state index in [-0.39, 0.29) is 18.6 Å². The molecule has 0 heterocycles. The number of terminal acetylenes is 1. The molecule has 1 unspecified atom stereocenters. The monoisotopic (exact) mass is 280 g/mol. The number of rotatable bonds is 5. The smallest absolute Gasteiger partial charge is 0.329 e. The van der Waals surface area contributed by atoms with Gasteiger partial charge >= 0.3 is 11.9 Å². The topological polar surface area (TPSA) is 63.6 Å². The van der Waals surface area contributed by atoms with Crippen LogP contribution in [0.1, 0.15) is 18.9 Å². The number of carboxylic acid groups (broad SMARTS) is 1. The van der Waals surface area contributed by atoms with Gasteiger partial charge < -0.3 is 9.84 Å². The van der Waals surface area contributed by atoms with Gasteiger partial charge in [0.2, 0.25) is 5.41 Å². The predicted octanol–water partition coefficient (Wildman–Crippen LogP) is 2.25. The zero-order valence-electron chi connectivity index (χ0n) is 10.4. The number of carbonyl (C=O) groups excluding carboxylic acids is 1. The van der Waals surface area contributed by atoms with E-state index in [1.54, 1.807) is 6.92 Å². The Labute approximate surface area is 116 Å². The summed E-state index contributed by atoms with van der Waals surface area (Å²) >= 11 is 5.76. The number of hydrogen-bond acceptors (Lipinski definition) is 3. The maximum atomic E-state index is 12.1. The maximum Gasteiger partial charge on any atom is 0.329 e. The van der Waals surface area contributed by atoms with E-state index in [2.05, 4.69) is 5.92 Å². The van der Waals surface area contributed by atoms with Crippen molar-refractivity contribution in [2.75, 3.05) is 6.61 Å². The summed E-state index contributed by atoms with van der Waals surface area (Å²) < 4.78 is 4.86. The van der Waals surface area contributed by atoms with Crippen LogP contribution in [0.2, 0.25) is 5.02 Å². The molecule has 0 fully saturated rings. The summed E-state index contributed by atoms with van der Waals surface area (Å²) in [5.41, 5.74) is -1.64. The molecule has 0 spiro atoms. The van der Waals surface area contributed by atoms with Crippen LogP contribution in [0.3, 0.4) is 0 Å². The van der Waals surface area contributed by atoms with Crippen LogP contribution in [-0.4, -0.2) is 23.7 Å². The summed E-state index contributed by atoms with van der Waals surface area (Å²) in [4.78, 5) is 23.6. The third kappa shape index (κ3) is 2.88. The Bertz CT molecular complexity index is 515. The number of carbonyl (C=O) groups is 2. The van der Waals surface area contributed by atoms with Crippen molar-refractivity contribution < 1.29 is 19.4 Å². The molecule has 1 aromatic carbocycles. The molecule has 0 radical (unpaired) electrons. The minimum absolute atomic E-state index is 0.0754. The molecule has 0 saturated heterocycles. The van der Waals surface area contributed by atoms with E-state index in [9.17, 15) is 14.7 Å². The van der Waals surface area contributed by atoms with Crippen molar-refractivity contribution in [2.45, 2.75) is 18.8 Å². The molecule has 0 aliphatic heterocycles. The highest BCUT2D eigenvalue weighted by Gasteiger charge is 2.49. The van der Waals surface area contributed by atoms with Crippen LogP contribution in [0.5, 0.6) is 0 Å². The third-order valence-corrected chi connectivity index (χ3v) is 2.95. The Morgan fingerprint density at radius 3 is 2.42 bits per heavy atom. The molecule has 5 heteroatoms. The number of benzene rings is 1. The number of ether oxygens (including phenoxy) is 1. The number of aliphatic carboxylic acids is 1. The lowest BCUT2D eigenvalue weighted by atomic mass is 9.77. The van der Waals surface area contributed by atoms with Gasteiger partial charge in [0.15, 0.2) is 0 Å². The van der Waals surface area contributed by atoms with Gasteiger partial charge in [0.05, 0.1) is 6.61 Å². The van der Waals surface area contributed by atoms with Crippen LogP contribution < -0.4 is 0 Å². The standard InChI is InChI=1S/C14H13ClO4/c1-3-9-14(12(16)17,13(18)19-4-2)10-5-7-11(15)8-6-10/h1,5-8H,4,9H2,2H3,(H,16,17). The second-order valence-corrected chi connectivity index (χ2v) is 4.26. The minimum Gasteiger partial charge on any atom is -0.480 e. The van der Waals surface area contributed by atoms with Gasteiger partial charge in [-0.3, -0.25) is 9.59 Å². The van der Waals surface area contributed by atoms with Crippen LogP contribution in [0.4, 0.5) is 0 Å². The average Bonchev–Trinajstić information content (AvgIpc) is 2.37. The van der Waals surface area contributed by atoms with Gasteiger partial charge in [-0.1, -0.05) is 23.7 Å². The first-order valence-corrected chi connectivity index (χ1v) is 5.97. The normalized spacial score (nSPS) is 13.1. The highest BCUT2D eigenvalue weighted by Crippen LogP contribution is 2.31. The first kappa shape index (κ1) is 15.1. The minimum atomic E-state index is -1.89. The Hall–Kier alpha value is -1.99. The van der Waals surface area contributed by atoms with Crippen molar-refractivity contribution in [1.82, 2.24) is 0 Å². The highest BCUT2D eigenvalue weighted by molar-refractivity contribution is 6.30. The summed E-state index contributed by atoms with van der Waals surface area (Å²) in [7, 11) is 0. The van der Waals surface area contributed by atoms with E-state index in [4.69, 9.17) is 22.8 Å². The predicted molar refractivity (Wildman–Crippen MR) is 70.8 cm³/mol. The number of halogens is 1. The van der Waals surface area contributed by atoms with Gasteiger partial charge in [-0.25, -0.2) is 0 Å². The maximum absolute atomic E-state index is 12.1. The molecule has 0 saturated carbocycles. The second kappa shape index (κ2) is 6.26. The molecular formula is C14H13ClO4. The lowest BCUT2D eigenvalue weighted by molar-refractivity contribution is -0.161. The van der Waals surface area contributed by atoms with Crippen molar-refractivity contribution in [2.24, 2.45) is 0 Å². The molecule has 0 bridgehead atoms. The van der Waals surface area contributed by atoms with Gasteiger partial charge in [0.1, 0.15) is 0 Å². The van der Waals surface area contributed by atoms with Crippen LogP contribution in [-0.2, 0) is 19.7 Å². The van der Waals surface area contributed by atoms with E-state index in [0.29, 0.717) is 5.02 Å². The molecule has 100 valence electrons. The summed E-state index contributed by atoms with van der Waals surface area (Å²) in [6.45, 7) is 1.67. The van der Waals surface area contributed by atoms with Crippen LogP contribution >= 0.6 is 11.6 Å². The summed E-state index contributed by atoms with van der Waals surface area (Å²) in [5.74, 6) is 0.0138. The molecule has 19 heavy (non-hydrogen) atoms. The average molecular weight is 281 g/mol. The third-order valence-electron chi connectivity index (χ3n) is 2.69. The summed E-state index contributed by atoms with van der Waals surface area (Å²) in [6, 6.07) is 5.93. The van der Waals surface area contributed by atoms with Crippen LogP contribution in [0, 0.1) is 12.3 Å². The van der Waals surface area contributed by atoms with Crippen molar-refractivity contribution in [1.29, 1.82) is 0 Å². The zero-order valence-corrected chi connectivity index (χ0v) is 11.1. The quantitative estimate of drug-likeness (QED) is 0.510. The van der Waals surface area contributed by atoms with Crippen molar-refractivity contribution in [3.05, 3.63) is 34.9 Å². The fourth-order valence-electron chi connectivity index (χ4n) is 1.72. The summed E-state index contributed by atoms with van der Waals surface area (Å²) in [6.07, 6.45) is 4.92. The van der Waals surface area contributed by atoms with Gasteiger partial charge in [-0.2, -0.15) is 0 Å². The van der Waals surface area contributed by atoms with Gasteiger partial charge in [0.25, 0.3) is 0 Å². The fraction of sp³-hybridized carbons (Fsp3) is 0.286. The Morgan fingerprint density at radius 1 is 1.42 bits per heavy atom. The lowest BCUT2D eigenvalue weighted by Gasteiger charge is -2.25. The summed E-state index contributed by atoms with van der Waals surface area (Å²) in [5, 5.41) is 9.88. The molecule has 0 aliphatic rings. The number of hydrogen-bond donors (Lipinski definition) is 1. The SMILES string of the molecule is C#CCC(C(=O)O)(C(=O)OCC)c1ccc(Cl)cc1. The molecule has 0 aliphatic carbocycles. The first-order valence-electron chi connectivity index (χ1n) is 5.59. The Morgan fingerprint density at radius 2 is 2.00 bits per heavy atom. The first-order chi connectivity index (χ1) is 8.98. The van der Waals surface area contributed by atoms with E-state index in [1.165, 1.54) is 24.3 Å². The highest BCUT2D eigenvalue weighted by atomic mass is 35.5. The van der Waals surface area contributed by atoms with E-state index >= 15 is 0 Å². The molecule has 0 aromatic heterocycles. The van der Waals surface area contributed by atoms with Crippen LogP contribution in [0.25, 0.3) is 0 Å². The van der Waals surface area contributed by atoms with Crippen molar-refractivity contribution in [3.8, 4) is 12.3 Å². The van der Waals surface area contributed by atoms with Crippen molar-refractivity contribution >= 4 is 23.5 Å². The Kier molecular flexibility index (Phi) is 4.96. The fourth-order valence-corrected chi connectivity index (χ4v) is 1.85. The molecule has 1 N–H and O–H groups in total. The zero-order chi connectivity index (χ0) is 14.5. The van der Waals surface area contributed by atoms with E-state index in [0.717, 1.165) is 0 Å². The van der Waals surface area contributed by atoms with Crippen molar-refractivity contribution in [3.63, 3.8) is 0 Å². The number of esters is 1. The Balaban J connectivity index is 3.39. The van der Waals surface area contributed by atoms with Gasteiger partial charge in [0, 0.05) is 11.4 Å². The molecular weight excluding hydrogens is 268 g/mol. The van der Waals surface area contributed by atoms with Crippen LogP contribution in [0.15, 0.2) is 24.3 Å². The lowest BCUT2D eigenvalue weighted by Crippen LogP contribution is -2.44.